The van der Waals surface area contributed by atoms with Gasteiger partial charge in [-0.15, -0.1) is 0 Å². The first-order valence-corrected chi connectivity index (χ1v) is 11.7. The molecule has 2 heterocycles. The van der Waals surface area contributed by atoms with E-state index in [1.165, 1.54) is 0 Å². The number of halogens is 2. The van der Waals surface area contributed by atoms with Gasteiger partial charge in [-0.2, -0.15) is 0 Å². The first-order valence-electron chi connectivity index (χ1n) is 10.2. The van der Waals surface area contributed by atoms with Crippen molar-refractivity contribution in [3.05, 3.63) is 46.0 Å². The zero-order chi connectivity index (χ0) is 20.8. The molecule has 6 nitrogen and oxygen atoms in total. The molecule has 0 radical (unpaired) electrons. The van der Waals surface area contributed by atoms with Crippen molar-refractivity contribution in [3.63, 3.8) is 0 Å². The van der Waals surface area contributed by atoms with Gasteiger partial charge in [0, 0.05) is 35.5 Å². The molecule has 2 aliphatic rings. The summed E-state index contributed by atoms with van der Waals surface area (Å²) in [7, 11) is 2.03. The van der Waals surface area contributed by atoms with Crippen molar-refractivity contribution < 1.29 is 4.74 Å². The van der Waals surface area contributed by atoms with Crippen LogP contribution in [0.25, 0.3) is 0 Å². The van der Waals surface area contributed by atoms with Gasteiger partial charge in [-0.05, 0) is 50.6 Å². The minimum atomic E-state index is -0.300. The van der Waals surface area contributed by atoms with Gasteiger partial charge in [0.2, 0.25) is 0 Å². The predicted molar refractivity (Wildman–Crippen MR) is 121 cm³/mol. The zero-order valence-corrected chi connectivity index (χ0v) is 19.3. The Hall–Kier alpha value is -0.990. The van der Waals surface area contributed by atoms with E-state index in [9.17, 15) is 5.21 Å². The standard InChI is InChI=1S/C20H29Cl2N4O2S/c1-3-8-19-25(22)18-15-23(2)29-24(20(18)26(19)27)13-6-4-5-7-14-28-17-11-9-16(21)10-12-17/h9-12,19H,3-8,13-15H2,1-2H3/q-1. The number of hydroxylamine groups is 2. The number of hydrogen-bond acceptors (Lipinski definition) is 7. The summed E-state index contributed by atoms with van der Waals surface area (Å²) in [4.78, 5) is 0. The van der Waals surface area contributed by atoms with Crippen LogP contribution in [0.4, 0.5) is 0 Å². The third kappa shape index (κ3) is 5.79. The van der Waals surface area contributed by atoms with E-state index >= 15 is 0 Å². The van der Waals surface area contributed by atoms with Crippen LogP contribution in [-0.4, -0.2) is 51.0 Å². The van der Waals surface area contributed by atoms with Gasteiger partial charge in [-0.25, -0.2) is 4.31 Å². The number of likely N-dealkylation sites (N-methyl/N-ethyl adjacent to an activating group) is 1. The Kier molecular flexibility index (Phi) is 8.50. The van der Waals surface area contributed by atoms with Crippen LogP contribution in [0.3, 0.4) is 0 Å². The minimum Gasteiger partial charge on any atom is -0.756 e. The molecule has 9 heteroatoms. The maximum Gasteiger partial charge on any atom is 0.128 e. The molecule has 162 valence electrons. The predicted octanol–water partition coefficient (Wildman–Crippen LogP) is 5.65. The quantitative estimate of drug-likeness (QED) is 0.254. The maximum absolute atomic E-state index is 12.8. The van der Waals surface area contributed by atoms with E-state index in [2.05, 4.69) is 15.5 Å². The van der Waals surface area contributed by atoms with E-state index in [-0.39, 0.29) is 6.17 Å². The van der Waals surface area contributed by atoms with E-state index in [1.54, 1.807) is 16.6 Å². The third-order valence-electron chi connectivity index (χ3n) is 4.99. The fraction of sp³-hybridized carbons (Fsp3) is 0.600. The first kappa shape index (κ1) is 22.7. The molecule has 1 atom stereocenters. The Morgan fingerprint density at radius 3 is 2.62 bits per heavy atom. The lowest BCUT2D eigenvalue weighted by Crippen LogP contribution is -2.36. The summed E-state index contributed by atoms with van der Waals surface area (Å²) in [6.45, 7) is 4.28. The Morgan fingerprint density at radius 2 is 1.90 bits per heavy atom. The smallest absolute Gasteiger partial charge is 0.128 e. The molecule has 0 aromatic heterocycles. The fourth-order valence-corrected chi connectivity index (χ4v) is 4.96. The van der Waals surface area contributed by atoms with Gasteiger partial charge >= 0.3 is 0 Å². The molecule has 0 aliphatic carbocycles. The van der Waals surface area contributed by atoms with Crippen molar-refractivity contribution in [2.45, 2.75) is 51.6 Å². The van der Waals surface area contributed by atoms with Crippen LogP contribution >= 0.6 is 35.5 Å². The van der Waals surface area contributed by atoms with Crippen molar-refractivity contribution in [1.29, 1.82) is 0 Å². The van der Waals surface area contributed by atoms with Crippen molar-refractivity contribution in [2.24, 2.45) is 0 Å². The van der Waals surface area contributed by atoms with E-state index < -0.39 is 0 Å². The average molecular weight is 460 g/mol. The maximum atomic E-state index is 12.8. The van der Waals surface area contributed by atoms with Crippen molar-refractivity contribution in [2.75, 3.05) is 26.7 Å². The Morgan fingerprint density at radius 1 is 1.17 bits per heavy atom. The summed E-state index contributed by atoms with van der Waals surface area (Å²) < 4.78 is 11.6. The molecule has 3 rings (SSSR count). The Balaban J connectivity index is 1.41. The van der Waals surface area contributed by atoms with Crippen LogP contribution in [0.1, 0.15) is 45.4 Å². The average Bonchev–Trinajstić information content (AvgIpc) is 2.93. The summed E-state index contributed by atoms with van der Waals surface area (Å²) >= 11 is 14.0. The van der Waals surface area contributed by atoms with Crippen LogP contribution in [0.15, 0.2) is 35.8 Å². The van der Waals surface area contributed by atoms with E-state index in [0.29, 0.717) is 18.2 Å². The molecule has 1 aromatic carbocycles. The van der Waals surface area contributed by atoms with Crippen LogP contribution in [-0.2, 0) is 0 Å². The second kappa shape index (κ2) is 10.9. The van der Waals surface area contributed by atoms with Gasteiger partial charge in [-0.1, -0.05) is 37.8 Å². The number of rotatable bonds is 10. The minimum absolute atomic E-state index is 0.300. The van der Waals surface area contributed by atoms with Crippen LogP contribution < -0.4 is 4.74 Å². The first-order chi connectivity index (χ1) is 14.0. The molecular weight excluding hydrogens is 431 g/mol. The summed E-state index contributed by atoms with van der Waals surface area (Å²) in [5.41, 5.74) is 0.915. The summed E-state index contributed by atoms with van der Waals surface area (Å²) in [6, 6.07) is 7.45. The van der Waals surface area contributed by atoms with Crippen LogP contribution in [0, 0.1) is 5.21 Å². The molecule has 1 unspecified atom stereocenters. The van der Waals surface area contributed by atoms with Crippen molar-refractivity contribution >= 4 is 35.5 Å². The van der Waals surface area contributed by atoms with Gasteiger partial charge in [0.15, 0.2) is 0 Å². The largest absolute Gasteiger partial charge is 0.756 e. The molecule has 0 amide bonds. The molecule has 29 heavy (non-hydrogen) atoms. The topological polar surface area (TPSA) is 45.3 Å². The number of benzene rings is 1. The molecule has 0 N–H and O–H groups in total. The normalized spacial score (nSPS) is 19.9. The fourth-order valence-electron chi connectivity index (χ4n) is 3.54. The van der Waals surface area contributed by atoms with Gasteiger partial charge < -0.3 is 15.0 Å². The SMILES string of the molecule is CCCC1N([O-])C2=C(CN(C)SN2CCCCCCOc2ccc(Cl)cc2)N1Cl. The highest BCUT2D eigenvalue weighted by atomic mass is 35.5. The second-order valence-electron chi connectivity index (χ2n) is 7.36. The third-order valence-corrected chi connectivity index (χ3v) is 6.63. The van der Waals surface area contributed by atoms with Crippen LogP contribution in [0.2, 0.25) is 5.02 Å². The van der Waals surface area contributed by atoms with Crippen molar-refractivity contribution in [3.8, 4) is 5.75 Å². The monoisotopic (exact) mass is 459 g/mol. The molecular formula is C20H29Cl2N4O2S-. The molecule has 2 aliphatic heterocycles. The lowest BCUT2D eigenvalue weighted by molar-refractivity contribution is 0.226. The molecule has 1 aromatic rings. The van der Waals surface area contributed by atoms with Crippen LogP contribution in [0.5, 0.6) is 5.75 Å². The van der Waals surface area contributed by atoms with Gasteiger partial charge in [0.1, 0.15) is 17.7 Å². The summed E-state index contributed by atoms with van der Waals surface area (Å²) in [6.07, 6.45) is 5.60. The van der Waals surface area contributed by atoms with Gasteiger partial charge in [0.25, 0.3) is 0 Å². The highest BCUT2D eigenvalue weighted by molar-refractivity contribution is 7.94. The van der Waals surface area contributed by atoms with E-state index in [4.69, 9.17) is 28.1 Å². The lowest BCUT2D eigenvalue weighted by atomic mass is 10.2. The summed E-state index contributed by atoms with van der Waals surface area (Å²) in [5, 5.41) is 14.6. The Bertz CT molecular complexity index is 692. The second-order valence-corrected chi connectivity index (χ2v) is 9.39. The number of nitrogens with zero attached hydrogens (tertiary/aromatic N) is 4. The van der Waals surface area contributed by atoms with Gasteiger partial charge in [-0.3, -0.25) is 8.72 Å². The summed E-state index contributed by atoms with van der Waals surface area (Å²) in [5.74, 6) is 1.58. The highest BCUT2D eigenvalue weighted by Crippen LogP contribution is 2.41. The number of unbranched alkanes of at least 4 members (excludes halogenated alkanes) is 3. The van der Waals surface area contributed by atoms with Crippen molar-refractivity contribution in [1.82, 2.24) is 18.1 Å². The zero-order valence-electron chi connectivity index (χ0n) is 17.0. The highest BCUT2D eigenvalue weighted by Gasteiger charge is 2.38. The molecule has 0 saturated carbocycles. The number of ether oxygens (including phenoxy) is 1. The van der Waals surface area contributed by atoms with E-state index in [0.717, 1.165) is 67.4 Å². The molecule has 0 bridgehead atoms. The Labute approximate surface area is 188 Å². The molecule has 0 saturated heterocycles. The molecule has 0 spiro atoms. The molecule has 0 fully saturated rings. The van der Waals surface area contributed by atoms with Gasteiger partial charge in [0.05, 0.1) is 18.8 Å². The number of hydrogen-bond donors (Lipinski definition) is 0. The van der Waals surface area contributed by atoms with E-state index in [1.807, 2.05) is 31.3 Å². The lowest BCUT2D eigenvalue weighted by Gasteiger charge is -2.41.